The van der Waals surface area contributed by atoms with Crippen molar-refractivity contribution < 1.29 is 38.8 Å². The molecule has 0 amide bonds. The normalized spacial score (nSPS) is 32.7. The second-order valence-electron chi connectivity index (χ2n) is 8.40. The van der Waals surface area contributed by atoms with Crippen LogP contribution in [0.4, 0.5) is 0 Å². The highest BCUT2D eigenvalue weighted by Gasteiger charge is 2.62. The Morgan fingerprint density at radius 1 is 1.29 bits per heavy atom. The summed E-state index contributed by atoms with van der Waals surface area (Å²) in [6.45, 7) is 2.54. The molecule has 34 heavy (non-hydrogen) atoms. The summed E-state index contributed by atoms with van der Waals surface area (Å²) in [7, 11) is 1.23. The number of aliphatic hydroxyl groups is 1. The number of hydrogen-bond acceptors (Lipinski definition) is 10. The van der Waals surface area contributed by atoms with Gasteiger partial charge in [0, 0.05) is 27.9 Å². The van der Waals surface area contributed by atoms with E-state index in [1.165, 1.54) is 7.11 Å². The van der Waals surface area contributed by atoms with Crippen molar-refractivity contribution in [3.8, 4) is 0 Å². The van der Waals surface area contributed by atoms with Crippen LogP contribution in [0.25, 0.3) is 0 Å². The van der Waals surface area contributed by atoms with Crippen molar-refractivity contribution in [1.82, 2.24) is 0 Å². The third-order valence-corrected chi connectivity index (χ3v) is 6.80. The molecular weight excluding hydrogens is 472 g/mol. The van der Waals surface area contributed by atoms with E-state index in [1.807, 2.05) is 0 Å². The van der Waals surface area contributed by atoms with Gasteiger partial charge in [-0.3, -0.25) is 14.6 Å². The average Bonchev–Trinajstić information content (AvgIpc) is 3.34. The highest BCUT2D eigenvalue weighted by molar-refractivity contribution is 6.31. The maximum Gasteiger partial charge on any atom is 0.315 e. The third-order valence-electron chi connectivity index (χ3n) is 6.45. The number of Topliss-reactive ketones (excluding diaryl/α,β-unsaturated/α-hetero) is 1. The zero-order chi connectivity index (χ0) is 24.8. The lowest BCUT2D eigenvalue weighted by Gasteiger charge is -2.35. The minimum atomic E-state index is -2.18. The Labute approximate surface area is 199 Å². The van der Waals surface area contributed by atoms with Crippen molar-refractivity contribution in [3.05, 3.63) is 56.2 Å². The number of ether oxygens (including phenoxy) is 3. The monoisotopic (exact) mass is 494 g/mol. The van der Waals surface area contributed by atoms with E-state index >= 15 is 0 Å². The minimum Gasteiger partial charge on any atom is -0.468 e. The first-order valence-corrected chi connectivity index (χ1v) is 10.9. The highest BCUT2D eigenvalue weighted by atomic mass is 35.5. The summed E-state index contributed by atoms with van der Waals surface area (Å²) in [6, 6.07) is 6.75. The molecule has 2 fully saturated rings. The summed E-state index contributed by atoms with van der Waals surface area (Å²) in [5.74, 6) is -3.26. The molecule has 3 heterocycles. The summed E-state index contributed by atoms with van der Waals surface area (Å²) >= 11 is 6.47. The molecule has 6 atom stereocenters. The quantitative estimate of drug-likeness (QED) is 0.354. The van der Waals surface area contributed by atoms with E-state index in [2.05, 4.69) is 9.83 Å². The molecule has 0 bridgehead atoms. The van der Waals surface area contributed by atoms with Crippen LogP contribution in [0.2, 0.25) is 5.02 Å². The van der Waals surface area contributed by atoms with Gasteiger partial charge < -0.3 is 24.2 Å². The molecule has 1 aromatic rings. The number of hydrogen-bond donors (Lipinski definition) is 1. The lowest BCUT2D eigenvalue weighted by molar-refractivity contribution is -0.769. The Balaban J connectivity index is 1.79. The number of halogens is 1. The SMILES string of the molecule is COC(=O)C1C(C)=NC(C)=C(C(=O)[C@]2(O)CO[C@@H]3[C@H](O[N+](=O)[O-])CO[C@@H]32)C1c1ccccc1Cl. The van der Waals surface area contributed by atoms with Gasteiger partial charge in [0.05, 0.1) is 20.3 Å². The third kappa shape index (κ3) is 3.88. The van der Waals surface area contributed by atoms with E-state index in [-0.39, 0.29) is 12.2 Å². The van der Waals surface area contributed by atoms with E-state index in [0.717, 1.165) is 0 Å². The van der Waals surface area contributed by atoms with Crippen LogP contribution in [0, 0.1) is 16.0 Å². The van der Waals surface area contributed by atoms with Gasteiger partial charge in [0.1, 0.15) is 18.1 Å². The Hall–Kier alpha value is -2.86. The number of carbonyl (C=O) groups excluding carboxylic acids is 2. The van der Waals surface area contributed by atoms with Crippen molar-refractivity contribution in [3.63, 3.8) is 0 Å². The molecule has 0 aliphatic carbocycles. The second kappa shape index (κ2) is 9.06. The Morgan fingerprint density at radius 2 is 2.00 bits per heavy atom. The summed E-state index contributed by atoms with van der Waals surface area (Å²) < 4.78 is 16.1. The van der Waals surface area contributed by atoms with Gasteiger partial charge in [0.15, 0.2) is 17.5 Å². The van der Waals surface area contributed by atoms with Crippen molar-refractivity contribution >= 4 is 29.1 Å². The van der Waals surface area contributed by atoms with Gasteiger partial charge in [-0.1, -0.05) is 29.8 Å². The number of esters is 1. The van der Waals surface area contributed by atoms with Crippen molar-refractivity contribution in [2.75, 3.05) is 20.3 Å². The van der Waals surface area contributed by atoms with Crippen LogP contribution in [0.3, 0.4) is 0 Å². The van der Waals surface area contributed by atoms with Crippen LogP contribution in [-0.4, -0.2) is 71.9 Å². The number of benzene rings is 1. The topological polar surface area (TPSA) is 147 Å². The number of ketones is 1. The second-order valence-corrected chi connectivity index (χ2v) is 8.81. The first kappa shape index (κ1) is 24.3. The lowest BCUT2D eigenvalue weighted by Crippen LogP contribution is -2.53. The van der Waals surface area contributed by atoms with Gasteiger partial charge in [-0.25, -0.2) is 0 Å². The van der Waals surface area contributed by atoms with Gasteiger partial charge in [-0.05, 0) is 25.5 Å². The Morgan fingerprint density at radius 3 is 2.65 bits per heavy atom. The van der Waals surface area contributed by atoms with Crippen LogP contribution in [0.1, 0.15) is 25.3 Å². The Bertz CT molecular complexity index is 1100. The number of carbonyl (C=O) groups is 2. The first-order chi connectivity index (χ1) is 16.1. The molecule has 3 aliphatic rings. The molecule has 2 saturated heterocycles. The fourth-order valence-electron chi connectivity index (χ4n) is 4.95. The standard InChI is InChI=1S/C22H23ClN2O9/c1-10-15(19(26)22(28)9-33-18-14(34-25(29)30)8-32-20(18)22)17(12-6-4-5-7-13(12)23)16(11(2)24-10)21(27)31-3/h4-7,14,16-18,20,28H,8-9H2,1-3H3/t14-,16?,17?,18-,20+,22-/m1/s1. The first-order valence-electron chi connectivity index (χ1n) is 10.5. The van der Waals surface area contributed by atoms with Crippen LogP contribution < -0.4 is 0 Å². The lowest BCUT2D eigenvalue weighted by atomic mass is 9.71. The molecule has 12 heteroatoms. The molecule has 182 valence electrons. The maximum atomic E-state index is 14.0. The van der Waals surface area contributed by atoms with E-state index in [9.17, 15) is 24.8 Å². The van der Waals surface area contributed by atoms with Gasteiger partial charge in [-0.2, -0.15) is 0 Å². The smallest absolute Gasteiger partial charge is 0.315 e. The molecule has 11 nitrogen and oxygen atoms in total. The molecule has 0 radical (unpaired) electrons. The fraction of sp³-hybridized carbons (Fsp3) is 0.500. The average molecular weight is 495 g/mol. The van der Waals surface area contributed by atoms with Gasteiger partial charge in [0.2, 0.25) is 0 Å². The molecule has 0 saturated carbocycles. The zero-order valence-electron chi connectivity index (χ0n) is 18.6. The van der Waals surface area contributed by atoms with Gasteiger partial charge in [0.25, 0.3) is 5.09 Å². The van der Waals surface area contributed by atoms with Crippen molar-refractivity contribution in [2.45, 2.75) is 43.7 Å². The van der Waals surface area contributed by atoms with Gasteiger partial charge in [-0.15, -0.1) is 10.1 Å². The van der Waals surface area contributed by atoms with Crippen molar-refractivity contribution in [2.24, 2.45) is 10.9 Å². The number of rotatable bonds is 6. The zero-order valence-corrected chi connectivity index (χ0v) is 19.4. The van der Waals surface area contributed by atoms with Crippen LogP contribution in [-0.2, 0) is 28.6 Å². The molecule has 4 rings (SSSR count). The van der Waals surface area contributed by atoms with Crippen LogP contribution >= 0.6 is 11.6 Å². The summed E-state index contributed by atoms with van der Waals surface area (Å²) in [6.07, 6.45) is -3.32. The molecule has 3 aliphatic heterocycles. The largest absolute Gasteiger partial charge is 0.468 e. The molecule has 1 aromatic carbocycles. The van der Waals surface area contributed by atoms with Crippen LogP contribution in [0.15, 0.2) is 40.5 Å². The number of fused-ring (bicyclic) bond motifs is 1. The van der Waals surface area contributed by atoms with Crippen LogP contribution in [0.5, 0.6) is 0 Å². The summed E-state index contributed by atoms with van der Waals surface area (Å²) in [4.78, 5) is 46.5. The predicted molar refractivity (Wildman–Crippen MR) is 117 cm³/mol. The maximum absolute atomic E-state index is 14.0. The summed E-state index contributed by atoms with van der Waals surface area (Å²) in [5.41, 5.74) is -0.923. The number of nitrogens with zero attached hydrogens (tertiary/aromatic N) is 2. The summed E-state index contributed by atoms with van der Waals surface area (Å²) in [5, 5.41) is 21.6. The molecule has 1 N–H and O–H groups in total. The highest BCUT2D eigenvalue weighted by Crippen LogP contribution is 2.46. The molecule has 0 aromatic heterocycles. The number of allylic oxidation sites excluding steroid dienone is 1. The molecule has 0 spiro atoms. The fourth-order valence-corrected chi connectivity index (χ4v) is 5.20. The molecule has 2 unspecified atom stereocenters. The predicted octanol–water partition coefficient (Wildman–Crippen LogP) is 1.64. The van der Waals surface area contributed by atoms with E-state index in [0.29, 0.717) is 22.0 Å². The van der Waals surface area contributed by atoms with E-state index in [4.69, 9.17) is 25.8 Å². The number of aliphatic imine (C=N–C) groups is 1. The number of methoxy groups -OCH3 is 1. The Kier molecular flexibility index (Phi) is 6.47. The minimum absolute atomic E-state index is 0.0584. The van der Waals surface area contributed by atoms with Crippen molar-refractivity contribution in [1.29, 1.82) is 0 Å². The molecular formula is C22H23ClN2O9. The van der Waals surface area contributed by atoms with Gasteiger partial charge >= 0.3 is 5.97 Å². The van der Waals surface area contributed by atoms with E-state index < -0.39 is 59.2 Å². The van der Waals surface area contributed by atoms with E-state index in [1.54, 1.807) is 38.1 Å².